The van der Waals surface area contributed by atoms with Gasteiger partial charge in [0.05, 0.1) is 18.8 Å². The Morgan fingerprint density at radius 2 is 2.22 bits per heavy atom. The van der Waals surface area contributed by atoms with Crippen LogP contribution < -0.4 is 5.30 Å². The molecule has 2 atom stereocenters. The van der Waals surface area contributed by atoms with Crippen LogP contribution in [-0.2, 0) is 11.2 Å². The zero-order valence-electron chi connectivity index (χ0n) is 15.4. The van der Waals surface area contributed by atoms with Crippen LogP contribution in [0.5, 0.6) is 0 Å². The molecule has 0 radical (unpaired) electrons. The molecule has 1 saturated heterocycles. The molecule has 140 valence electrons. The first-order valence-electron chi connectivity index (χ1n) is 9.03. The second kappa shape index (κ2) is 7.33. The largest absolute Gasteiger partial charge is 0.368 e. The first-order chi connectivity index (χ1) is 13.1. The van der Waals surface area contributed by atoms with E-state index < -0.39 is 0 Å². The van der Waals surface area contributed by atoms with E-state index in [0.29, 0.717) is 25.5 Å². The van der Waals surface area contributed by atoms with Crippen LogP contribution in [0.1, 0.15) is 40.3 Å². The smallest absolute Gasteiger partial charge is 0.254 e. The molecule has 2 aromatic heterocycles. The standard InChI is InChI=1S/C19H22N5O2P/c1-3-13-4-5-17(27)14(9-13)18(25)23-6-7-26-16(10-23)15-8-12(2)22-19-20-11-21-24(15)19/h4-5,8-9,11,16H,3,6-7,10,27H2,1-2H3. The highest BCUT2D eigenvalue weighted by molar-refractivity contribution is 7.27. The Morgan fingerprint density at radius 1 is 1.37 bits per heavy atom. The minimum atomic E-state index is -0.268. The summed E-state index contributed by atoms with van der Waals surface area (Å²) in [5.41, 5.74) is 3.60. The first kappa shape index (κ1) is 18.0. The summed E-state index contributed by atoms with van der Waals surface area (Å²) >= 11 is 0. The maximum absolute atomic E-state index is 13.2. The van der Waals surface area contributed by atoms with Crippen molar-refractivity contribution in [3.05, 3.63) is 53.1 Å². The second-order valence-corrected chi connectivity index (χ2v) is 7.30. The number of fused-ring (bicyclic) bond motifs is 1. The van der Waals surface area contributed by atoms with E-state index >= 15 is 0 Å². The Kier molecular flexibility index (Phi) is 4.89. The Morgan fingerprint density at radius 3 is 3.04 bits per heavy atom. The molecule has 27 heavy (non-hydrogen) atoms. The van der Waals surface area contributed by atoms with Gasteiger partial charge in [0, 0.05) is 17.8 Å². The van der Waals surface area contributed by atoms with Crippen molar-refractivity contribution in [3.8, 4) is 0 Å². The van der Waals surface area contributed by atoms with E-state index in [2.05, 4.69) is 37.3 Å². The van der Waals surface area contributed by atoms with Crippen LogP contribution in [0.15, 0.2) is 30.6 Å². The van der Waals surface area contributed by atoms with Crippen LogP contribution in [0.2, 0.25) is 0 Å². The van der Waals surface area contributed by atoms with E-state index in [-0.39, 0.29) is 12.0 Å². The average Bonchev–Trinajstić information content (AvgIpc) is 3.15. The molecule has 3 aromatic rings. The molecule has 1 amide bonds. The molecule has 0 spiro atoms. The van der Waals surface area contributed by atoms with Crippen molar-refractivity contribution in [2.45, 2.75) is 26.4 Å². The fourth-order valence-electron chi connectivity index (χ4n) is 3.38. The second-order valence-electron chi connectivity index (χ2n) is 6.68. The highest BCUT2D eigenvalue weighted by Gasteiger charge is 2.29. The van der Waals surface area contributed by atoms with Gasteiger partial charge < -0.3 is 9.64 Å². The van der Waals surface area contributed by atoms with Gasteiger partial charge in [0.2, 0.25) is 0 Å². The molecular formula is C19H22N5O2P. The van der Waals surface area contributed by atoms with Crippen LogP contribution >= 0.6 is 9.24 Å². The number of benzene rings is 1. The Labute approximate surface area is 160 Å². The van der Waals surface area contributed by atoms with E-state index in [1.807, 2.05) is 30.0 Å². The van der Waals surface area contributed by atoms with Gasteiger partial charge in [-0.25, -0.2) is 4.98 Å². The van der Waals surface area contributed by atoms with Gasteiger partial charge in [0.25, 0.3) is 11.7 Å². The summed E-state index contributed by atoms with van der Waals surface area (Å²) in [6, 6.07) is 7.97. The molecule has 0 aliphatic carbocycles. The lowest BCUT2D eigenvalue weighted by Gasteiger charge is -2.33. The Hall–Kier alpha value is -2.37. The van der Waals surface area contributed by atoms with E-state index in [1.54, 1.807) is 4.52 Å². The number of morpholine rings is 1. The lowest BCUT2D eigenvalue weighted by Crippen LogP contribution is -2.43. The maximum Gasteiger partial charge on any atom is 0.254 e. The lowest BCUT2D eigenvalue weighted by atomic mass is 10.1. The van der Waals surface area contributed by atoms with E-state index in [1.165, 1.54) is 6.33 Å². The molecule has 0 N–H and O–H groups in total. The third-order valence-corrected chi connectivity index (χ3v) is 5.35. The molecular weight excluding hydrogens is 361 g/mol. The number of rotatable bonds is 3. The topological polar surface area (TPSA) is 72.6 Å². The molecule has 2 unspecified atom stereocenters. The van der Waals surface area contributed by atoms with Crippen LogP contribution in [-0.4, -0.2) is 50.1 Å². The number of ether oxygens (including phenoxy) is 1. The lowest BCUT2D eigenvalue weighted by molar-refractivity contribution is -0.0256. The van der Waals surface area contributed by atoms with Gasteiger partial charge in [0.15, 0.2) is 0 Å². The quantitative estimate of drug-likeness (QED) is 0.644. The van der Waals surface area contributed by atoms with Crippen LogP contribution in [0.25, 0.3) is 5.78 Å². The number of aryl methyl sites for hydroxylation is 2. The van der Waals surface area contributed by atoms with Gasteiger partial charge in [-0.2, -0.15) is 14.6 Å². The summed E-state index contributed by atoms with van der Waals surface area (Å²) in [4.78, 5) is 23.6. The number of carbonyl (C=O) groups is 1. The molecule has 1 aliphatic heterocycles. The fourth-order valence-corrected chi connectivity index (χ4v) is 3.68. The van der Waals surface area contributed by atoms with Crippen molar-refractivity contribution in [1.82, 2.24) is 24.5 Å². The molecule has 1 fully saturated rings. The van der Waals surface area contributed by atoms with Gasteiger partial charge in [-0.05, 0) is 36.3 Å². The van der Waals surface area contributed by atoms with Crippen molar-refractivity contribution < 1.29 is 9.53 Å². The third kappa shape index (κ3) is 3.45. The average molecular weight is 383 g/mol. The fraction of sp³-hybridized carbons (Fsp3) is 0.368. The SMILES string of the molecule is CCc1ccc(P)c(C(=O)N2CCOC(c3cc(C)nc4ncnn34)C2)c1. The van der Waals surface area contributed by atoms with Crippen LogP contribution in [0.4, 0.5) is 0 Å². The van der Waals surface area contributed by atoms with Crippen molar-refractivity contribution >= 4 is 26.2 Å². The zero-order valence-corrected chi connectivity index (χ0v) is 16.6. The van der Waals surface area contributed by atoms with Gasteiger partial charge in [0.1, 0.15) is 12.4 Å². The summed E-state index contributed by atoms with van der Waals surface area (Å²) in [5.74, 6) is 0.573. The zero-order chi connectivity index (χ0) is 19.0. The number of nitrogens with zero attached hydrogens (tertiary/aromatic N) is 5. The van der Waals surface area contributed by atoms with Gasteiger partial charge in [-0.1, -0.05) is 19.1 Å². The predicted molar refractivity (Wildman–Crippen MR) is 105 cm³/mol. The Balaban J connectivity index is 1.63. The Bertz CT molecular complexity index is 1000. The highest BCUT2D eigenvalue weighted by atomic mass is 31.0. The number of aromatic nitrogens is 4. The first-order valence-corrected chi connectivity index (χ1v) is 9.61. The summed E-state index contributed by atoms with van der Waals surface area (Å²) in [7, 11) is 2.66. The predicted octanol–water partition coefficient (Wildman–Crippen LogP) is 1.71. The van der Waals surface area contributed by atoms with Gasteiger partial charge >= 0.3 is 0 Å². The van der Waals surface area contributed by atoms with Crippen LogP contribution in [0.3, 0.4) is 0 Å². The molecule has 1 aromatic carbocycles. The third-order valence-electron chi connectivity index (χ3n) is 4.85. The van der Waals surface area contributed by atoms with Gasteiger partial charge in [-0.3, -0.25) is 4.79 Å². The minimum Gasteiger partial charge on any atom is -0.368 e. The van der Waals surface area contributed by atoms with E-state index in [9.17, 15) is 4.79 Å². The number of amides is 1. The summed E-state index contributed by atoms with van der Waals surface area (Å²) < 4.78 is 7.66. The summed E-state index contributed by atoms with van der Waals surface area (Å²) in [6.45, 7) is 5.53. The molecule has 8 heteroatoms. The molecule has 0 saturated carbocycles. The van der Waals surface area contributed by atoms with Gasteiger partial charge in [-0.15, -0.1) is 9.24 Å². The van der Waals surface area contributed by atoms with Crippen molar-refractivity contribution in [2.24, 2.45) is 0 Å². The highest BCUT2D eigenvalue weighted by Crippen LogP contribution is 2.24. The maximum atomic E-state index is 13.2. The molecule has 1 aliphatic rings. The van der Waals surface area contributed by atoms with E-state index in [0.717, 1.165) is 34.2 Å². The number of carbonyl (C=O) groups excluding carboxylic acids is 1. The van der Waals surface area contributed by atoms with E-state index in [4.69, 9.17) is 4.74 Å². The van der Waals surface area contributed by atoms with Crippen molar-refractivity contribution in [1.29, 1.82) is 0 Å². The molecule has 3 heterocycles. The van der Waals surface area contributed by atoms with Crippen molar-refractivity contribution in [3.63, 3.8) is 0 Å². The number of hydrogen-bond donors (Lipinski definition) is 0. The van der Waals surface area contributed by atoms with Crippen LogP contribution in [0, 0.1) is 6.92 Å². The molecule has 0 bridgehead atoms. The molecule has 7 nitrogen and oxygen atoms in total. The summed E-state index contributed by atoms with van der Waals surface area (Å²) in [5, 5.41) is 5.17. The monoisotopic (exact) mass is 383 g/mol. The molecule has 4 rings (SSSR count). The number of hydrogen-bond acceptors (Lipinski definition) is 5. The minimum absolute atomic E-state index is 0.0317. The normalized spacial score (nSPS) is 17.4. The summed E-state index contributed by atoms with van der Waals surface area (Å²) in [6.07, 6.45) is 2.11. The van der Waals surface area contributed by atoms with Crippen molar-refractivity contribution in [2.75, 3.05) is 19.7 Å².